The van der Waals surface area contributed by atoms with Gasteiger partial charge in [0.2, 0.25) is 0 Å². The molecule has 0 saturated heterocycles. The van der Waals surface area contributed by atoms with E-state index in [1.807, 2.05) is 0 Å². The summed E-state index contributed by atoms with van der Waals surface area (Å²) in [5.41, 5.74) is 19.9. The van der Waals surface area contributed by atoms with E-state index in [-0.39, 0.29) is 35.6 Å². The van der Waals surface area contributed by atoms with Crippen LogP contribution in [0.5, 0.6) is 0 Å². The van der Waals surface area contributed by atoms with Crippen LogP contribution in [0.4, 0.5) is 0 Å². The summed E-state index contributed by atoms with van der Waals surface area (Å²) < 4.78 is 1.80. The van der Waals surface area contributed by atoms with Crippen molar-refractivity contribution in [3.63, 3.8) is 0 Å². The first-order valence-electron chi connectivity index (χ1n) is 20.1. The molecule has 0 aliphatic heterocycles. The van der Waals surface area contributed by atoms with Gasteiger partial charge in [-0.2, -0.15) is 28.3 Å². The van der Waals surface area contributed by atoms with E-state index in [0.29, 0.717) is 5.41 Å². The van der Waals surface area contributed by atoms with Crippen molar-refractivity contribution in [2.45, 2.75) is 150 Å². The average Bonchev–Trinajstić information content (AvgIpc) is 3.69. The van der Waals surface area contributed by atoms with Crippen LogP contribution in [-0.4, -0.2) is 3.21 Å². The Labute approximate surface area is 343 Å². The number of allylic oxidation sites excluding steroid dienone is 4. The number of rotatable bonds is 2. The van der Waals surface area contributed by atoms with Crippen molar-refractivity contribution < 1.29 is 49.0 Å². The summed E-state index contributed by atoms with van der Waals surface area (Å²) in [6.07, 6.45) is 25.2. The fourth-order valence-corrected chi connectivity index (χ4v) is 13.1. The zero-order valence-electron chi connectivity index (χ0n) is 33.2. The number of benzene rings is 2. The predicted molar refractivity (Wildman–Crippen MR) is 211 cm³/mol. The van der Waals surface area contributed by atoms with Gasteiger partial charge < -0.3 is 24.8 Å². The molecule has 8 aliphatic carbocycles. The summed E-state index contributed by atoms with van der Waals surface area (Å²) in [6.45, 7) is 18.2. The molecule has 8 aliphatic rings. The van der Waals surface area contributed by atoms with Crippen molar-refractivity contribution in [3.8, 4) is 11.1 Å². The average molecular weight is 811 g/mol. The third kappa shape index (κ3) is 7.57. The monoisotopic (exact) mass is 808 g/mol. The van der Waals surface area contributed by atoms with E-state index >= 15 is 0 Å². The Morgan fingerprint density at radius 2 is 1.27 bits per heavy atom. The third-order valence-corrected chi connectivity index (χ3v) is 15.2. The maximum atomic E-state index is 3.65. The molecule has 4 bridgehead atoms. The summed E-state index contributed by atoms with van der Waals surface area (Å²) in [5, 5.41) is 0. The Morgan fingerprint density at radius 3 is 1.79 bits per heavy atom. The molecule has 3 heteroatoms. The van der Waals surface area contributed by atoms with Crippen molar-refractivity contribution in [2.75, 3.05) is 0 Å². The third-order valence-electron chi connectivity index (χ3n) is 14.0. The fraction of sp³-hybridized carbons (Fsp3) is 0.551. The Kier molecular flexibility index (Phi) is 11.6. The second-order valence-corrected chi connectivity index (χ2v) is 20.9. The van der Waals surface area contributed by atoms with Gasteiger partial charge in [-0.15, -0.1) is 11.6 Å². The fourth-order valence-electron chi connectivity index (χ4n) is 12.2. The molecule has 0 nitrogen and oxygen atoms in total. The molecule has 0 radical (unpaired) electrons. The van der Waals surface area contributed by atoms with Crippen LogP contribution in [0, 0.1) is 43.1 Å². The number of halogens is 2. The second-order valence-electron chi connectivity index (χ2n) is 19.2. The van der Waals surface area contributed by atoms with Gasteiger partial charge in [-0.25, -0.2) is 11.6 Å². The molecule has 3 aromatic rings. The van der Waals surface area contributed by atoms with Crippen LogP contribution in [0.3, 0.4) is 0 Å². The Bertz CT molecular complexity index is 1800. The standard InChI is InChI=1S/C25H25.C18H25.C6H10.2ClH.Zr/c1-14-12-24(3,4)22-8-16-7-17-9-23-19(15(2)13-25(23,5)6)11-21(17)20(16)10-18(14)22;1-12-3-13(2)17(4-12)11-18-8-14-5-15(9-18)7-16(6-14)10-18;1-2-4-6-5-3-1;;;/h8-12H,7H2,1-6H3;3-4,14-16H,5-11H2,1-2H3;1-5H2;2*1H;/q2*-1;;;;+2/p-2. The molecular weight excluding hydrogens is 751 g/mol. The second kappa shape index (κ2) is 14.9. The van der Waals surface area contributed by atoms with Crippen LogP contribution >= 0.6 is 0 Å². The molecule has 0 N–H and O–H groups in total. The summed E-state index contributed by atoms with van der Waals surface area (Å²) >= 11 is 1.69. The van der Waals surface area contributed by atoms with Gasteiger partial charge in [0, 0.05) is 5.41 Å². The molecular formula is C49H60Cl2Zr-2. The number of aryl methyl sites for hydroxylation is 2. The topological polar surface area (TPSA) is 0 Å². The molecule has 0 amide bonds. The van der Waals surface area contributed by atoms with Crippen LogP contribution in [0.2, 0.25) is 0 Å². The van der Waals surface area contributed by atoms with Crippen molar-refractivity contribution in [1.82, 2.24) is 0 Å². The van der Waals surface area contributed by atoms with Crippen molar-refractivity contribution in [1.29, 1.82) is 0 Å². The molecule has 5 fully saturated rings. The predicted octanol–water partition coefficient (Wildman–Crippen LogP) is 6.91. The molecule has 0 aromatic heterocycles. The van der Waals surface area contributed by atoms with Crippen LogP contribution in [-0.2, 0) is 47.9 Å². The van der Waals surface area contributed by atoms with Crippen LogP contribution in [0.25, 0.3) is 22.3 Å². The van der Waals surface area contributed by atoms with Gasteiger partial charge in [-0.05, 0) is 120 Å². The molecule has 0 spiro atoms. The van der Waals surface area contributed by atoms with Gasteiger partial charge in [0.05, 0.1) is 0 Å². The number of hydrogen-bond acceptors (Lipinski definition) is 0. The van der Waals surface area contributed by atoms with Gasteiger partial charge in [0.15, 0.2) is 0 Å². The summed E-state index contributed by atoms with van der Waals surface area (Å²) in [6, 6.07) is 14.6. The van der Waals surface area contributed by atoms with Crippen LogP contribution in [0.15, 0.2) is 42.5 Å². The minimum absolute atomic E-state index is 0. The molecule has 52 heavy (non-hydrogen) atoms. The van der Waals surface area contributed by atoms with Crippen molar-refractivity contribution in [3.05, 3.63) is 98.6 Å². The van der Waals surface area contributed by atoms with E-state index in [0.717, 1.165) is 24.2 Å². The minimum atomic E-state index is 0. The normalized spacial score (nSPS) is 27.3. The Balaban J connectivity index is 0.000000150. The summed E-state index contributed by atoms with van der Waals surface area (Å²) in [5.74, 6) is 3.27. The van der Waals surface area contributed by atoms with Crippen molar-refractivity contribution >= 4 is 14.4 Å². The van der Waals surface area contributed by atoms with Crippen LogP contribution < -0.4 is 24.8 Å². The molecule has 5 saturated carbocycles. The molecule has 3 aromatic carbocycles. The van der Waals surface area contributed by atoms with E-state index < -0.39 is 0 Å². The van der Waals surface area contributed by atoms with E-state index in [2.05, 4.69) is 104 Å². The molecule has 0 atom stereocenters. The summed E-state index contributed by atoms with van der Waals surface area (Å²) in [4.78, 5) is 0. The Morgan fingerprint density at radius 1 is 0.712 bits per heavy atom. The molecule has 0 unspecified atom stereocenters. The van der Waals surface area contributed by atoms with E-state index in [4.69, 9.17) is 0 Å². The van der Waals surface area contributed by atoms with E-state index in [1.54, 1.807) is 77.1 Å². The maximum absolute atomic E-state index is 3.65. The SMILES string of the molecule is CC1=[C-]C(C)(C)c2cc3c(cc21)-c1cc2c(cc1C3)C(C)(C)C=C2C.Cc1cc(CC23CC4CC(CC(C4)C2)C3)c(C)[cH-]1.[Cl-].[Cl-].[Zr+2]=[C]1CCCCC1. The van der Waals surface area contributed by atoms with Gasteiger partial charge >= 0.3 is 59.5 Å². The van der Waals surface area contributed by atoms with Gasteiger partial charge in [0.1, 0.15) is 0 Å². The first kappa shape index (κ1) is 40.3. The van der Waals surface area contributed by atoms with E-state index in [9.17, 15) is 0 Å². The van der Waals surface area contributed by atoms with Crippen molar-refractivity contribution in [2.24, 2.45) is 23.2 Å². The summed E-state index contributed by atoms with van der Waals surface area (Å²) in [7, 11) is 0. The van der Waals surface area contributed by atoms with Crippen LogP contribution in [0.1, 0.15) is 162 Å². The molecule has 0 heterocycles. The van der Waals surface area contributed by atoms with Gasteiger partial charge in [-0.3, -0.25) is 6.08 Å². The zero-order chi connectivity index (χ0) is 35.2. The van der Waals surface area contributed by atoms with Gasteiger partial charge in [-0.1, -0.05) is 78.5 Å². The van der Waals surface area contributed by atoms with Gasteiger partial charge in [0.25, 0.3) is 0 Å². The first-order chi connectivity index (χ1) is 23.7. The number of hydrogen-bond donors (Lipinski definition) is 0. The van der Waals surface area contributed by atoms with E-state index in [1.165, 1.54) is 99.7 Å². The Hall–Kier alpha value is -1.40. The molecule has 11 rings (SSSR count). The zero-order valence-corrected chi connectivity index (χ0v) is 37.2. The number of fused-ring (bicyclic) bond motifs is 5. The first-order valence-corrected chi connectivity index (χ1v) is 21.4. The quantitative estimate of drug-likeness (QED) is 0.193. The molecule has 276 valence electrons.